The standard InChI is InChI=1S/C13H15ClN4/c14-9-1-2-11-12(7-9)16-8-17-13(11)18-10-3-5-15-6-4-10/h1-2,7-8,10,15H,3-6H2,(H,16,17,18). The minimum absolute atomic E-state index is 0.486. The fourth-order valence-electron chi connectivity index (χ4n) is 2.30. The van der Waals surface area contributed by atoms with Crippen LogP contribution in [-0.2, 0) is 0 Å². The Balaban J connectivity index is 1.91. The van der Waals surface area contributed by atoms with Gasteiger partial charge in [0.1, 0.15) is 12.1 Å². The largest absolute Gasteiger partial charge is 0.367 e. The number of nitrogens with one attached hydrogen (secondary N) is 2. The van der Waals surface area contributed by atoms with Gasteiger partial charge in [0.25, 0.3) is 0 Å². The van der Waals surface area contributed by atoms with Gasteiger partial charge < -0.3 is 10.6 Å². The summed E-state index contributed by atoms with van der Waals surface area (Å²) in [7, 11) is 0. The molecule has 18 heavy (non-hydrogen) atoms. The van der Waals surface area contributed by atoms with Gasteiger partial charge in [0.2, 0.25) is 0 Å². The number of hydrogen-bond acceptors (Lipinski definition) is 4. The van der Waals surface area contributed by atoms with Crippen molar-refractivity contribution >= 4 is 28.3 Å². The Kier molecular flexibility index (Phi) is 3.30. The Hall–Kier alpha value is -1.39. The number of hydrogen-bond donors (Lipinski definition) is 2. The Morgan fingerprint density at radius 1 is 1.22 bits per heavy atom. The molecule has 1 aromatic heterocycles. The molecule has 1 saturated heterocycles. The van der Waals surface area contributed by atoms with Gasteiger partial charge in [-0.15, -0.1) is 0 Å². The molecular weight excluding hydrogens is 248 g/mol. The molecule has 0 radical (unpaired) electrons. The molecule has 2 N–H and O–H groups in total. The molecule has 0 aliphatic carbocycles. The van der Waals surface area contributed by atoms with Crippen molar-refractivity contribution in [3.63, 3.8) is 0 Å². The molecule has 0 bridgehead atoms. The van der Waals surface area contributed by atoms with Crippen LogP contribution in [-0.4, -0.2) is 29.1 Å². The summed E-state index contributed by atoms with van der Waals surface area (Å²) >= 11 is 5.97. The monoisotopic (exact) mass is 262 g/mol. The Morgan fingerprint density at radius 3 is 2.89 bits per heavy atom. The van der Waals surface area contributed by atoms with Crippen molar-refractivity contribution in [1.82, 2.24) is 15.3 Å². The highest BCUT2D eigenvalue weighted by Gasteiger charge is 2.14. The molecule has 94 valence electrons. The highest BCUT2D eigenvalue weighted by atomic mass is 35.5. The van der Waals surface area contributed by atoms with Crippen molar-refractivity contribution in [1.29, 1.82) is 0 Å². The summed E-state index contributed by atoms with van der Waals surface area (Å²) in [5.41, 5.74) is 0.883. The van der Waals surface area contributed by atoms with E-state index in [0.29, 0.717) is 11.1 Å². The molecule has 0 atom stereocenters. The van der Waals surface area contributed by atoms with Crippen LogP contribution in [0, 0.1) is 0 Å². The second-order valence-electron chi connectivity index (χ2n) is 4.55. The van der Waals surface area contributed by atoms with Gasteiger partial charge in [0.15, 0.2) is 0 Å². The van der Waals surface area contributed by atoms with Gasteiger partial charge >= 0.3 is 0 Å². The molecule has 1 aliphatic rings. The maximum absolute atomic E-state index is 5.97. The van der Waals surface area contributed by atoms with Gasteiger partial charge in [-0.3, -0.25) is 0 Å². The van der Waals surface area contributed by atoms with Crippen molar-refractivity contribution < 1.29 is 0 Å². The van der Waals surface area contributed by atoms with Crippen molar-refractivity contribution in [2.24, 2.45) is 0 Å². The van der Waals surface area contributed by atoms with Crippen LogP contribution in [0.5, 0.6) is 0 Å². The Labute approximate surface area is 111 Å². The predicted octanol–water partition coefficient (Wildman–Crippen LogP) is 2.45. The predicted molar refractivity (Wildman–Crippen MR) is 74.1 cm³/mol. The minimum atomic E-state index is 0.486. The summed E-state index contributed by atoms with van der Waals surface area (Å²) in [5, 5.41) is 8.60. The summed E-state index contributed by atoms with van der Waals surface area (Å²) in [6, 6.07) is 6.20. The van der Waals surface area contributed by atoms with Gasteiger partial charge in [-0.1, -0.05) is 11.6 Å². The van der Waals surface area contributed by atoms with Crippen LogP contribution < -0.4 is 10.6 Å². The van der Waals surface area contributed by atoms with E-state index in [1.807, 2.05) is 18.2 Å². The van der Waals surface area contributed by atoms with E-state index in [1.165, 1.54) is 0 Å². The molecule has 3 rings (SSSR count). The fourth-order valence-corrected chi connectivity index (χ4v) is 2.47. The summed E-state index contributed by atoms with van der Waals surface area (Å²) in [6.07, 6.45) is 3.83. The summed E-state index contributed by atoms with van der Waals surface area (Å²) in [6.45, 7) is 2.12. The first-order chi connectivity index (χ1) is 8.83. The van der Waals surface area contributed by atoms with E-state index in [2.05, 4.69) is 20.6 Å². The molecule has 0 amide bonds. The lowest BCUT2D eigenvalue weighted by atomic mass is 10.1. The third-order valence-electron chi connectivity index (χ3n) is 3.28. The molecular formula is C13H15ClN4. The van der Waals surface area contributed by atoms with E-state index in [1.54, 1.807) is 6.33 Å². The summed E-state index contributed by atoms with van der Waals surface area (Å²) in [4.78, 5) is 8.59. The van der Waals surface area contributed by atoms with Crippen LogP contribution in [0.25, 0.3) is 10.9 Å². The number of nitrogens with zero attached hydrogens (tertiary/aromatic N) is 2. The summed E-state index contributed by atoms with van der Waals surface area (Å²) in [5.74, 6) is 0.906. The van der Waals surface area contributed by atoms with E-state index in [9.17, 15) is 0 Å². The number of halogens is 1. The second kappa shape index (κ2) is 5.08. The second-order valence-corrected chi connectivity index (χ2v) is 4.99. The number of anilines is 1. The molecule has 2 heterocycles. The van der Waals surface area contributed by atoms with Crippen molar-refractivity contribution in [2.75, 3.05) is 18.4 Å². The first-order valence-electron chi connectivity index (χ1n) is 6.20. The van der Waals surface area contributed by atoms with Crippen LogP contribution in [0.1, 0.15) is 12.8 Å². The normalized spacial score (nSPS) is 16.9. The zero-order valence-electron chi connectivity index (χ0n) is 9.99. The van der Waals surface area contributed by atoms with Gasteiger partial charge in [-0.05, 0) is 44.1 Å². The van der Waals surface area contributed by atoms with Crippen molar-refractivity contribution in [3.05, 3.63) is 29.5 Å². The Bertz CT molecular complexity index is 552. The zero-order chi connectivity index (χ0) is 12.4. The molecule has 5 heteroatoms. The van der Waals surface area contributed by atoms with Crippen LogP contribution in [0.15, 0.2) is 24.5 Å². The third-order valence-corrected chi connectivity index (χ3v) is 3.51. The number of benzene rings is 1. The molecule has 0 unspecified atom stereocenters. The van der Waals surface area contributed by atoms with Gasteiger partial charge in [0.05, 0.1) is 5.52 Å². The average molecular weight is 263 g/mol. The molecule has 1 aliphatic heterocycles. The van der Waals surface area contributed by atoms with Crippen LogP contribution in [0.2, 0.25) is 5.02 Å². The highest BCUT2D eigenvalue weighted by molar-refractivity contribution is 6.31. The molecule has 1 fully saturated rings. The molecule has 0 spiro atoms. The third kappa shape index (κ3) is 2.40. The highest BCUT2D eigenvalue weighted by Crippen LogP contribution is 2.23. The zero-order valence-corrected chi connectivity index (χ0v) is 10.7. The first-order valence-corrected chi connectivity index (χ1v) is 6.58. The van der Waals surface area contributed by atoms with Gasteiger partial charge in [0, 0.05) is 16.5 Å². The smallest absolute Gasteiger partial charge is 0.137 e. The van der Waals surface area contributed by atoms with Crippen LogP contribution >= 0.6 is 11.6 Å². The minimum Gasteiger partial charge on any atom is -0.367 e. The maximum atomic E-state index is 5.97. The quantitative estimate of drug-likeness (QED) is 0.873. The van der Waals surface area contributed by atoms with Crippen LogP contribution in [0.3, 0.4) is 0 Å². The van der Waals surface area contributed by atoms with E-state index in [-0.39, 0.29) is 0 Å². The average Bonchev–Trinajstić information content (AvgIpc) is 2.40. The first kappa shape index (κ1) is 11.7. The Morgan fingerprint density at radius 2 is 2.06 bits per heavy atom. The lowest BCUT2D eigenvalue weighted by molar-refractivity contribution is 0.478. The van der Waals surface area contributed by atoms with E-state index in [4.69, 9.17) is 11.6 Å². The lowest BCUT2D eigenvalue weighted by Gasteiger charge is -2.24. The topological polar surface area (TPSA) is 49.8 Å². The maximum Gasteiger partial charge on any atom is 0.137 e. The molecule has 1 aromatic carbocycles. The molecule has 2 aromatic rings. The number of aromatic nitrogens is 2. The SMILES string of the molecule is Clc1ccc2c(NC3CCNCC3)ncnc2c1. The van der Waals surface area contributed by atoms with Crippen molar-refractivity contribution in [2.45, 2.75) is 18.9 Å². The number of fused-ring (bicyclic) bond motifs is 1. The number of rotatable bonds is 2. The van der Waals surface area contributed by atoms with E-state index in [0.717, 1.165) is 42.7 Å². The lowest BCUT2D eigenvalue weighted by Crippen LogP contribution is -2.35. The van der Waals surface area contributed by atoms with E-state index < -0.39 is 0 Å². The summed E-state index contributed by atoms with van der Waals surface area (Å²) < 4.78 is 0. The number of piperidine rings is 1. The van der Waals surface area contributed by atoms with Crippen LogP contribution in [0.4, 0.5) is 5.82 Å². The van der Waals surface area contributed by atoms with Gasteiger partial charge in [-0.25, -0.2) is 9.97 Å². The van der Waals surface area contributed by atoms with Crippen molar-refractivity contribution in [3.8, 4) is 0 Å². The molecule has 4 nitrogen and oxygen atoms in total. The van der Waals surface area contributed by atoms with Gasteiger partial charge in [-0.2, -0.15) is 0 Å². The fraction of sp³-hybridized carbons (Fsp3) is 0.385. The van der Waals surface area contributed by atoms with E-state index >= 15 is 0 Å². The molecule has 0 saturated carbocycles.